The van der Waals surface area contributed by atoms with Crippen molar-refractivity contribution in [3.63, 3.8) is 0 Å². The molecule has 1 saturated heterocycles. The number of carbonyl (C=O) groups is 1. The number of aromatic nitrogens is 1. The maximum absolute atomic E-state index is 12.2. The number of carbonyl (C=O) groups excluding carboxylic acids is 1. The van der Waals surface area contributed by atoms with Crippen LogP contribution < -0.4 is 10.2 Å². The fraction of sp³-hybridized carbons (Fsp3) is 0.267. The molecule has 1 aromatic heterocycles. The third kappa shape index (κ3) is 3.03. The Morgan fingerprint density at radius 1 is 1.52 bits per heavy atom. The molecule has 6 heteroatoms. The summed E-state index contributed by atoms with van der Waals surface area (Å²) in [5.74, 6) is -0.127. The van der Waals surface area contributed by atoms with Gasteiger partial charge in [0.2, 0.25) is 0 Å². The second kappa shape index (κ2) is 5.94. The summed E-state index contributed by atoms with van der Waals surface area (Å²) in [5, 5.41) is 14.9. The Morgan fingerprint density at radius 3 is 3.19 bits per heavy atom. The predicted octanol–water partition coefficient (Wildman–Crippen LogP) is 2.02. The van der Waals surface area contributed by atoms with Gasteiger partial charge in [-0.15, -0.1) is 11.3 Å². The SMILES string of the molecule is N#Cc1cccc(C(=O)NC2CCN(c3nccs3)C2)c1. The van der Waals surface area contributed by atoms with E-state index in [1.165, 1.54) is 0 Å². The summed E-state index contributed by atoms with van der Waals surface area (Å²) >= 11 is 1.61. The number of benzene rings is 1. The standard InChI is InChI=1S/C15H14N4OS/c16-9-11-2-1-3-12(8-11)14(20)18-13-4-6-19(10-13)15-17-5-7-21-15/h1-3,5,7-8,13H,4,6,10H2,(H,18,20). The Hall–Kier alpha value is -2.39. The van der Waals surface area contributed by atoms with Gasteiger partial charge in [-0.3, -0.25) is 4.79 Å². The molecule has 1 atom stereocenters. The molecule has 0 aliphatic carbocycles. The van der Waals surface area contributed by atoms with Crippen molar-refractivity contribution in [2.45, 2.75) is 12.5 Å². The lowest BCUT2D eigenvalue weighted by atomic mass is 10.1. The number of anilines is 1. The fourth-order valence-electron chi connectivity index (χ4n) is 2.42. The van der Waals surface area contributed by atoms with Crippen LogP contribution in [0.5, 0.6) is 0 Å². The summed E-state index contributed by atoms with van der Waals surface area (Å²) in [4.78, 5) is 18.7. The molecule has 2 aromatic rings. The summed E-state index contributed by atoms with van der Waals surface area (Å²) in [6.45, 7) is 1.67. The summed E-state index contributed by atoms with van der Waals surface area (Å²) in [6.07, 6.45) is 2.70. The lowest BCUT2D eigenvalue weighted by Crippen LogP contribution is -2.37. The predicted molar refractivity (Wildman–Crippen MR) is 81.4 cm³/mol. The second-order valence-electron chi connectivity index (χ2n) is 4.91. The average Bonchev–Trinajstić information content (AvgIpc) is 3.18. The van der Waals surface area contributed by atoms with Gasteiger partial charge < -0.3 is 10.2 Å². The van der Waals surface area contributed by atoms with Crippen molar-refractivity contribution in [1.29, 1.82) is 5.26 Å². The minimum absolute atomic E-state index is 0.118. The zero-order valence-corrected chi connectivity index (χ0v) is 12.1. The third-order valence-corrected chi connectivity index (χ3v) is 4.30. The van der Waals surface area contributed by atoms with Gasteiger partial charge in [0.05, 0.1) is 11.6 Å². The van der Waals surface area contributed by atoms with Gasteiger partial charge in [0.25, 0.3) is 5.91 Å². The Kier molecular flexibility index (Phi) is 3.84. The normalized spacial score (nSPS) is 17.5. The molecule has 0 radical (unpaired) electrons. The van der Waals surface area contributed by atoms with Gasteiger partial charge in [0.15, 0.2) is 5.13 Å². The minimum Gasteiger partial charge on any atom is -0.347 e. The topological polar surface area (TPSA) is 69.0 Å². The van der Waals surface area contributed by atoms with Crippen molar-refractivity contribution in [1.82, 2.24) is 10.3 Å². The molecule has 1 unspecified atom stereocenters. The van der Waals surface area contributed by atoms with Crippen molar-refractivity contribution in [3.8, 4) is 6.07 Å². The highest BCUT2D eigenvalue weighted by Gasteiger charge is 2.25. The molecule has 1 fully saturated rings. The van der Waals surface area contributed by atoms with Gasteiger partial charge in [0.1, 0.15) is 0 Å². The molecule has 0 saturated carbocycles. The van der Waals surface area contributed by atoms with Crippen LogP contribution in [0.3, 0.4) is 0 Å². The Morgan fingerprint density at radius 2 is 2.43 bits per heavy atom. The van der Waals surface area contributed by atoms with Crippen LogP contribution in [0.4, 0.5) is 5.13 Å². The van der Waals surface area contributed by atoms with Crippen LogP contribution in [-0.2, 0) is 0 Å². The van der Waals surface area contributed by atoms with E-state index in [0.717, 1.165) is 24.6 Å². The van der Waals surface area contributed by atoms with E-state index in [4.69, 9.17) is 5.26 Å². The first-order valence-electron chi connectivity index (χ1n) is 6.72. The molecule has 0 spiro atoms. The van der Waals surface area contributed by atoms with Gasteiger partial charge >= 0.3 is 0 Å². The smallest absolute Gasteiger partial charge is 0.251 e. The van der Waals surface area contributed by atoms with Crippen LogP contribution in [-0.4, -0.2) is 30.0 Å². The van der Waals surface area contributed by atoms with Crippen molar-refractivity contribution >= 4 is 22.4 Å². The number of thiazole rings is 1. The van der Waals surface area contributed by atoms with Gasteiger partial charge in [0, 0.05) is 36.3 Å². The molecule has 106 valence electrons. The van der Waals surface area contributed by atoms with Crippen molar-refractivity contribution in [3.05, 3.63) is 47.0 Å². The highest BCUT2D eigenvalue weighted by atomic mass is 32.1. The average molecular weight is 298 g/mol. The number of nitriles is 1. The van der Waals surface area contributed by atoms with E-state index in [2.05, 4.69) is 15.2 Å². The molecule has 1 amide bonds. The number of amides is 1. The number of hydrogen-bond donors (Lipinski definition) is 1. The molecule has 3 rings (SSSR count). The van der Waals surface area contributed by atoms with Crippen molar-refractivity contribution < 1.29 is 4.79 Å². The maximum Gasteiger partial charge on any atom is 0.251 e. The van der Waals surface area contributed by atoms with Crippen LogP contribution >= 0.6 is 11.3 Å². The molecule has 1 aliphatic rings. The quantitative estimate of drug-likeness (QED) is 0.941. The van der Waals surface area contributed by atoms with Crippen LogP contribution in [0.2, 0.25) is 0 Å². The highest BCUT2D eigenvalue weighted by Crippen LogP contribution is 2.22. The van der Waals surface area contributed by atoms with Crippen LogP contribution in [0.1, 0.15) is 22.3 Å². The summed E-state index contributed by atoms with van der Waals surface area (Å²) in [7, 11) is 0. The lowest BCUT2D eigenvalue weighted by molar-refractivity contribution is 0.0940. The van der Waals surface area contributed by atoms with E-state index >= 15 is 0 Å². The number of hydrogen-bond acceptors (Lipinski definition) is 5. The second-order valence-corrected chi connectivity index (χ2v) is 5.79. The maximum atomic E-state index is 12.2. The summed E-state index contributed by atoms with van der Waals surface area (Å²) in [6, 6.07) is 8.92. The minimum atomic E-state index is -0.127. The van der Waals surface area contributed by atoms with Gasteiger partial charge in [-0.25, -0.2) is 4.98 Å². The Bertz CT molecular complexity index is 677. The third-order valence-electron chi connectivity index (χ3n) is 3.47. The first-order valence-corrected chi connectivity index (χ1v) is 7.59. The van der Waals surface area contributed by atoms with Gasteiger partial charge in [-0.1, -0.05) is 6.07 Å². The largest absolute Gasteiger partial charge is 0.347 e. The molecule has 0 bridgehead atoms. The van der Waals surface area contributed by atoms with E-state index in [1.807, 2.05) is 11.4 Å². The first kappa shape index (κ1) is 13.6. The molecule has 1 N–H and O–H groups in total. The first-order chi connectivity index (χ1) is 10.3. The zero-order valence-electron chi connectivity index (χ0n) is 11.3. The zero-order chi connectivity index (χ0) is 14.7. The van der Waals surface area contributed by atoms with E-state index in [0.29, 0.717) is 11.1 Å². The van der Waals surface area contributed by atoms with E-state index < -0.39 is 0 Å². The van der Waals surface area contributed by atoms with Gasteiger partial charge in [-0.05, 0) is 24.6 Å². The van der Waals surface area contributed by atoms with Crippen molar-refractivity contribution in [2.24, 2.45) is 0 Å². The van der Waals surface area contributed by atoms with Crippen LogP contribution in [0, 0.1) is 11.3 Å². The van der Waals surface area contributed by atoms with Crippen LogP contribution in [0.25, 0.3) is 0 Å². The van der Waals surface area contributed by atoms with Gasteiger partial charge in [-0.2, -0.15) is 5.26 Å². The monoisotopic (exact) mass is 298 g/mol. The number of rotatable bonds is 3. The molecule has 21 heavy (non-hydrogen) atoms. The molecule has 1 aromatic carbocycles. The molecule has 2 heterocycles. The lowest BCUT2D eigenvalue weighted by Gasteiger charge is -2.15. The van der Waals surface area contributed by atoms with E-state index in [1.54, 1.807) is 41.8 Å². The number of nitrogens with zero attached hydrogens (tertiary/aromatic N) is 3. The Balaban J connectivity index is 1.62. The Labute approximate surface area is 126 Å². The highest BCUT2D eigenvalue weighted by molar-refractivity contribution is 7.13. The molecule has 5 nitrogen and oxygen atoms in total. The summed E-state index contributed by atoms with van der Waals surface area (Å²) < 4.78 is 0. The van der Waals surface area contributed by atoms with Crippen molar-refractivity contribution in [2.75, 3.05) is 18.0 Å². The summed E-state index contributed by atoms with van der Waals surface area (Å²) in [5.41, 5.74) is 1.03. The molecular formula is C15H14N4OS. The molecular weight excluding hydrogens is 284 g/mol. The van der Waals surface area contributed by atoms with E-state index in [-0.39, 0.29) is 11.9 Å². The fourth-order valence-corrected chi connectivity index (χ4v) is 3.10. The van der Waals surface area contributed by atoms with Crippen LogP contribution in [0.15, 0.2) is 35.8 Å². The molecule has 1 aliphatic heterocycles. The van der Waals surface area contributed by atoms with E-state index in [9.17, 15) is 4.79 Å². The number of nitrogens with one attached hydrogen (secondary N) is 1.